The Morgan fingerprint density at radius 1 is 1.29 bits per heavy atom. The van der Waals surface area contributed by atoms with Gasteiger partial charge in [0, 0.05) is 17.3 Å². The van der Waals surface area contributed by atoms with Crippen LogP contribution in [0.5, 0.6) is 0 Å². The van der Waals surface area contributed by atoms with E-state index >= 15 is 0 Å². The van der Waals surface area contributed by atoms with Crippen molar-refractivity contribution >= 4 is 29.1 Å². The minimum absolute atomic E-state index is 0.0370. The average molecular weight is 394 g/mol. The Hall–Kier alpha value is -3.44. The maximum Gasteiger partial charge on any atom is 0.252 e. The first-order valence-electron chi connectivity index (χ1n) is 8.73. The largest absolute Gasteiger partial charge is 0.339 e. The highest BCUT2D eigenvalue weighted by Crippen LogP contribution is 2.35. The molecular formula is C19H16ClN7O. The Bertz CT molecular complexity index is 1050. The number of nitrogens with zero attached hydrogens (tertiary/aromatic N) is 5. The van der Waals surface area contributed by atoms with Crippen molar-refractivity contribution in [3.63, 3.8) is 0 Å². The minimum Gasteiger partial charge on any atom is -0.339 e. The summed E-state index contributed by atoms with van der Waals surface area (Å²) in [5.74, 6) is 0.0995. The van der Waals surface area contributed by atoms with Gasteiger partial charge in [-0.3, -0.25) is 9.48 Å². The Kier molecular flexibility index (Phi) is 4.91. The van der Waals surface area contributed by atoms with Crippen LogP contribution in [0.4, 0.5) is 11.6 Å². The lowest BCUT2D eigenvalue weighted by atomic mass is 10.1. The number of rotatable bonds is 6. The Labute approximate surface area is 166 Å². The van der Waals surface area contributed by atoms with Crippen molar-refractivity contribution in [3.8, 4) is 17.3 Å². The van der Waals surface area contributed by atoms with E-state index < -0.39 is 0 Å². The van der Waals surface area contributed by atoms with E-state index in [1.807, 2.05) is 16.9 Å². The van der Waals surface area contributed by atoms with E-state index in [2.05, 4.69) is 25.7 Å². The zero-order valence-electron chi connectivity index (χ0n) is 14.8. The number of benzene rings is 1. The minimum atomic E-state index is -0.308. The molecule has 2 aromatic heterocycles. The van der Waals surface area contributed by atoms with Crippen LogP contribution in [0.15, 0.2) is 42.9 Å². The summed E-state index contributed by atoms with van der Waals surface area (Å²) in [6.07, 6.45) is 7.53. The van der Waals surface area contributed by atoms with Gasteiger partial charge < -0.3 is 10.6 Å². The molecule has 3 aromatic rings. The van der Waals surface area contributed by atoms with Gasteiger partial charge in [0.25, 0.3) is 5.91 Å². The Balaban J connectivity index is 1.53. The average Bonchev–Trinajstić information content (AvgIpc) is 3.47. The number of nitriles is 1. The summed E-state index contributed by atoms with van der Waals surface area (Å²) >= 11 is 6.27. The number of carbonyl (C=O) groups is 1. The van der Waals surface area contributed by atoms with Crippen molar-refractivity contribution in [2.45, 2.75) is 18.9 Å². The molecule has 8 nitrogen and oxygen atoms in total. The van der Waals surface area contributed by atoms with Crippen molar-refractivity contribution in [2.75, 3.05) is 11.9 Å². The van der Waals surface area contributed by atoms with Crippen molar-refractivity contribution in [1.82, 2.24) is 25.1 Å². The molecule has 140 valence electrons. The van der Waals surface area contributed by atoms with Crippen LogP contribution in [0.2, 0.25) is 5.02 Å². The highest BCUT2D eigenvalue weighted by molar-refractivity contribution is 6.32. The van der Waals surface area contributed by atoms with E-state index in [-0.39, 0.29) is 12.5 Å². The number of anilines is 2. The first kappa shape index (κ1) is 17.9. The molecule has 0 saturated heterocycles. The molecular weight excluding hydrogens is 378 g/mol. The first-order chi connectivity index (χ1) is 13.6. The molecule has 28 heavy (non-hydrogen) atoms. The van der Waals surface area contributed by atoms with Gasteiger partial charge in [-0.25, -0.2) is 9.97 Å². The zero-order chi connectivity index (χ0) is 19.5. The number of hydrogen-bond donors (Lipinski definition) is 2. The molecule has 0 atom stereocenters. The molecule has 0 unspecified atom stereocenters. The number of nitrogens with one attached hydrogen (secondary N) is 2. The zero-order valence-corrected chi connectivity index (χ0v) is 15.5. The summed E-state index contributed by atoms with van der Waals surface area (Å²) in [7, 11) is 0. The van der Waals surface area contributed by atoms with Crippen molar-refractivity contribution in [2.24, 2.45) is 0 Å². The van der Waals surface area contributed by atoms with Gasteiger partial charge in [-0.2, -0.15) is 10.4 Å². The Morgan fingerprint density at radius 2 is 2.07 bits per heavy atom. The first-order valence-corrected chi connectivity index (χ1v) is 9.11. The maximum absolute atomic E-state index is 11.9. The summed E-state index contributed by atoms with van der Waals surface area (Å²) in [5.41, 5.74) is 2.57. The normalized spacial score (nSPS) is 13.0. The topological polar surface area (TPSA) is 109 Å². The molecule has 1 aliphatic carbocycles. The second kappa shape index (κ2) is 7.66. The quantitative estimate of drug-likeness (QED) is 0.622. The lowest BCUT2D eigenvalue weighted by molar-refractivity contribution is 0.0958. The molecule has 0 aliphatic heterocycles. The van der Waals surface area contributed by atoms with Crippen LogP contribution in [0.25, 0.3) is 11.3 Å². The molecule has 9 heteroatoms. The van der Waals surface area contributed by atoms with E-state index in [9.17, 15) is 4.79 Å². The SMILES string of the molecule is N#CCNC(=O)c1ccc(-c2nc(Nc3cnn(C4CC4)c3)ncc2Cl)cc1. The van der Waals surface area contributed by atoms with Crippen LogP contribution in [-0.4, -0.2) is 32.2 Å². The maximum atomic E-state index is 11.9. The van der Waals surface area contributed by atoms with Gasteiger partial charge in [-0.1, -0.05) is 23.7 Å². The van der Waals surface area contributed by atoms with Gasteiger partial charge in [-0.15, -0.1) is 0 Å². The summed E-state index contributed by atoms with van der Waals surface area (Å²) in [4.78, 5) is 20.6. The van der Waals surface area contributed by atoms with Gasteiger partial charge >= 0.3 is 0 Å². The molecule has 1 aliphatic rings. The molecule has 4 rings (SSSR count). The van der Waals surface area contributed by atoms with Crippen LogP contribution in [0, 0.1) is 11.3 Å². The number of halogens is 1. The van der Waals surface area contributed by atoms with E-state index in [4.69, 9.17) is 16.9 Å². The highest BCUT2D eigenvalue weighted by atomic mass is 35.5. The molecule has 2 N–H and O–H groups in total. The third-order valence-electron chi connectivity index (χ3n) is 4.27. The van der Waals surface area contributed by atoms with E-state index in [1.165, 1.54) is 6.20 Å². The predicted molar refractivity (Wildman–Crippen MR) is 104 cm³/mol. The molecule has 0 bridgehead atoms. The van der Waals surface area contributed by atoms with Crippen molar-refractivity contribution in [1.29, 1.82) is 5.26 Å². The van der Waals surface area contributed by atoms with E-state index in [0.29, 0.717) is 28.3 Å². The second-order valence-corrected chi connectivity index (χ2v) is 6.78. The number of aromatic nitrogens is 4. The number of amides is 1. The summed E-state index contributed by atoms with van der Waals surface area (Å²) < 4.78 is 1.94. The van der Waals surface area contributed by atoms with Gasteiger partial charge in [-0.05, 0) is 25.0 Å². The predicted octanol–water partition coefficient (Wildman–Crippen LogP) is 3.33. The molecule has 0 spiro atoms. The van der Waals surface area contributed by atoms with Gasteiger partial charge in [0.1, 0.15) is 6.54 Å². The third kappa shape index (κ3) is 3.94. The van der Waals surface area contributed by atoms with Gasteiger partial charge in [0.15, 0.2) is 0 Å². The smallest absolute Gasteiger partial charge is 0.252 e. The molecule has 2 heterocycles. The van der Waals surface area contributed by atoms with Crippen molar-refractivity contribution in [3.05, 3.63) is 53.4 Å². The number of carbonyl (C=O) groups excluding carboxylic acids is 1. The van der Waals surface area contributed by atoms with Crippen LogP contribution in [0.1, 0.15) is 29.2 Å². The third-order valence-corrected chi connectivity index (χ3v) is 4.55. The van der Waals surface area contributed by atoms with Gasteiger partial charge in [0.2, 0.25) is 5.95 Å². The molecule has 1 saturated carbocycles. The number of hydrogen-bond acceptors (Lipinski definition) is 6. The van der Waals surface area contributed by atoms with Crippen LogP contribution >= 0.6 is 11.6 Å². The Morgan fingerprint density at radius 3 is 2.79 bits per heavy atom. The summed E-state index contributed by atoms with van der Waals surface area (Å²) in [6, 6.07) is 9.20. The monoisotopic (exact) mass is 393 g/mol. The highest BCUT2D eigenvalue weighted by Gasteiger charge is 2.24. The summed E-state index contributed by atoms with van der Waals surface area (Å²) in [5, 5.41) is 18.9. The second-order valence-electron chi connectivity index (χ2n) is 6.37. The van der Waals surface area contributed by atoms with Crippen LogP contribution in [0.3, 0.4) is 0 Å². The van der Waals surface area contributed by atoms with Crippen LogP contribution < -0.4 is 10.6 Å². The molecule has 1 aromatic carbocycles. The molecule has 1 amide bonds. The molecule has 0 radical (unpaired) electrons. The fourth-order valence-corrected chi connectivity index (χ4v) is 2.90. The fraction of sp³-hybridized carbons (Fsp3) is 0.211. The standard InChI is InChI=1S/C19H16ClN7O/c20-16-10-23-19(25-14-9-24-27(11-14)15-5-6-15)26-17(16)12-1-3-13(4-2-12)18(28)22-8-7-21/h1-4,9-11,15H,5-6,8H2,(H,22,28)(H,23,25,26). The van der Waals surface area contributed by atoms with Crippen molar-refractivity contribution < 1.29 is 4.79 Å². The van der Waals surface area contributed by atoms with Crippen LogP contribution in [-0.2, 0) is 0 Å². The molecule has 1 fully saturated rings. The summed E-state index contributed by atoms with van der Waals surface area (Å²) in [6.45, 7) is -0.0370. The lowest BCUT2D eigenvalue weighted by Gasteiger charge is -2.08. The lowest BCUT2D eigenvalue weighted by Crippen LogP contribution is -2.23. The van der Waals surface area contributed by atoms with E-state index in [0.717, 1.165) is 24.1 Å². The van der Waals surface area contributed by atoms with E-state index in [1.54, 1.807) is 30.5 Å². The van der Waals surface area contributed by atoms with Gasteiger partial charge in [0.05, 0.1) is 40.9 Å². The fourth-order valence-electron chi connectivity index (χ4n) is 2.70.